The number of aromatic nitrogens is 1. The summed E-state index contributed by atoms with van der Waals surface area (Å²) >= 11 is 1.19. The Labute approximate surface area is 145 Å². The van der Waals surface area contributed by atoms with E-state index in [2.05, 4.69) is 9.69 Å². The number of carbonyl (C=O) groups excluding carboxylic acids is 2. The summed E-state index contributed by atoms with van der Waals surface area (Å²) in [6.45, 7) is 4.40. The number of hydrogen-bond donors (Lipinski definition) is 1. The van der Waals surface area contributed by atoms with E-state index in [9.17, 15) is 9.59 Å². The van der Waals surface area contributed by atoms with Gasteiger partial charge in [-0.15, -0.1) is 0 Å². The van der Waals surface area contributed by atoms with Crippen molar-refractivity contribution >= 4 is 28.4 Å². The zero-order valence-corrected chi connectivity index (χ0v) is 14.9. The topological polar surface area (TPSA) is 71.5 Å². The third-order valence-corrected chi connectivity index (χ3v) is 4.53. The lowest BCUT2D eigenvalue weighted by Gasteiger charge is -2.20. The number of carbonyl (C=O) groups is 2. The van der Waals surface area contributed by atoms with Crippen LogP contribution in [0, 0.1) is 6.92 Å². The number of nitrogens with one attached hydrogen (secondary N) is 1. The molecule has 1 amide bonds. The van der Waals surface area contributed by atoms with E-state index in [1.165, 1.54) is 11.5 Å². The van der Waals surface area contributed by atoms with Crippen molar-refractivity contribution in [3.63, 3.8) is 0 Å². The van der Waals surface area contributed by atoms with Crippen LogP contribution < -0.4 is 5.32 Å². The number of benzene rings is 1. The van der Waals surface area contributed by atoms with Crippen LogP contribution in [0.15, 0.2) is 30.3 Å². The van der Waals surface area contributed by atoms with Crippen LogP contribution in [0.5, 0.6) is 0 Å². The fraction of sp³-hybridized carbons (Fsp3) is 0.353. The van der Waals surface area contributed by atoms with Gasteiger partial charge < -0.3 is 15.0 Å². The Hall–Kier alpha value is -2.41. The fourth-order valence-electron chi connectivity index (χ4n) is 2.25. The molecule has 0 saturated carbocycles. The average Bonchev–Trinajstić information content (AvgIpc) is 2.99. The number of likely N-dealkylation sites (N-methyl/N-ethyl adjacent to an activating group) is 1. The first kappa shape index (κ1) is 17.9. The SMILES string of the molecule is CCN(Cc1ccccc1)C(=O)COC(=O)c1c(C)nsc1NC. The molecular formula is C17H21N3O3S. The molecule has 0 spiro atoms. The maximum atomic E-state index is 12.3. The van der Waals surface area contributed by atoms with Crippen molar-refractivity contribution in [2.45, 2.75) is 20.4 Å². The quantitative estimate of drug-likeness (QED) is 0.780. The van der Waals surface area contributed by atoms with Crippen molar-refractivity contribution in [3.05, 3.63) is 47.2 Å². The molecule has 7 heteroatoms. The van der Waals surface area contributed by atoms with Crippen molar-refractivity contribution in [2.75, 3.05) is 25.5 Å². The lowest BCUT2D eigenvalue weighted by Crippen LogP contribution is -2.34. The van der Waals surface area contributed by atoms with Crippen LogP contribution in [0.1, 0.15) is 28.5 Å². The van der Waals surface area contributed by atoms with Gasteiger partial charge in [-0.2, -0.15) is 4.37 Å². The maximum absolute atomic E-state index is 12.3. The van der Waals surface area contributed by atoms with E-state index in [1.54, 1.807) is 18.9 Å². The van der Waals surface area contributed by atoms with Crippen LogP contribution in [0.25, 0.3) is 0 Å². The second-order valence-electron chi connectivity index (χ2n) is 5.19. The van der Waals surface area contributed by atoms with Crippen molar-refractivity contribution in [1.82, 2.24) is 9.27 Å². The summed E-state index contributed by atoms with van der Waals surface area (Å²) in [6.07, 6.45) is 0. The Morgan fingerprint density at radius 3 is 2.62 bits per heavy atom. The van der Waals surface area contributed by atoms with Crippen LogP contribution in [-0.2, 0) is 16.1 Å². The highest BCUT2D eigenvalue weighted by Gasteiger charge is 2.21. The monoisotopic (exact) mass is 347 g/mol. The van der Waals surface area contributed by atoms with Crippen LogP contribution >= 0.6 is 11.5 Å². The number of ether oxygens (including phenoxy) is 1. The van der Waals surface area contributed by atoms with E-state index in [-0.39, 0.29) is 12.5 Å². The smallest absolute Gasteiger partial charge is 0.343 e. The van der Waals surface area contributed by atoms with E-state index >= 15 is 0 Å². The normalized spacial score (nSPS) is 10.3. The lowest BCUT2D eigenvalue weighted by atomic mass is 10.2. The first-order valence-electron chi connectivity index (χ1n) is 7.69. The molecule has 6 nitrogen and oxygen atoms in total. The fourth-order valence-corrected chi connectivity index (χ4v) is 2.98. The Morgan fingerprint density at radius 1 is 1.29 bits per heavy atom. The first-order valence-corrected chi connectivity index (χ1v) is 8.47. The number of hydrogen-bond acceptors (Lipinski definition) is 6. The predicted molar refractivity (Wildman–Crippen MR) is 94.2 cm³/mol. The Bertz CT molecular complexity index is 700. The summed E-state index contributed by atoms with van der Waals surface area (Å²) < 4.78 is 9.31. The van der Waals surface area contributed by atoms with Gasteiger partial charge in [0.05, 0.1) is 5.69 Å². The van der Waals surface area contributed by atoms with Crippen LogP contribution in [0.2, 0.25) is 0 Å². The van der Waals surface area contributed by atoms with Crippen molar-refractivity contribution in [2.24, 2.45) is 0 Å². The largest absolute Gasteiger partial charge is 0.452 e. The van der Waals surface area contributed by atoms with Gasteiger partial charge in [0.15, 0.2) is 6.61 Å². The number of rotatable bonds is 7. The molecule has 0 fully saturated rings. The van der Waals surface area contributed by atoms with Crippen molar-refractivity contribution in [1.29, 1.82) is 0 Å². The molecule has 1 aromatic carbocycles. The Morgan fingerprint density at radius 2 is 2.00 bits per heavy atom. The van der Waals surface area contributed by atoms with Gasteiger partial charge in [0.1, 0.15) is 10.6 Å². The van der Waals surface area contributed by atoms with Gasteiger partial charge in [0.2, 0.25) is 0 Å². The number of aryl methyl sites for hydroxylation is 1. The minimum Gasteiger partial charge on any atom is -0.452 e. The summed E-state index contributed by atoms with van der Waals surface area (Å²) in [5.41, 5.74) is 2.02. The highest BCUT2D eigenvalue weighted by Crippen LogP contribution is 2.24. The summed E-state index contributed by atoms with van der Waals surface area (Å²) in [5.74, 6) is -0.753. The van der Waals surface area contributed by atoms with Gasteiger partial charge in [-0.1, -0.05) is 30.3 Å². The zero-order chi connectivity index (χ0) is 17.5. The van der Waals surface area contributed by atoms with Crippen LogP contribution in [-0.4, -0.2) is 41.3 Å². The van der Waals surface area contributed by atoms with Crippen LogP contribution in [0.3, 0.4) is 0 Å². The molecule has 2 aromatic rings. The molecule has 24 heavy (non-hydrogen) atoms. The minimum absolute atomic E-state index is 0.221. The molecule has 0 aliphatic carbocycles. The van der Waals surface area contributed by atoms with Crippen molar-refractivity contribution in [3.8, 4) is 0 Å². The third kappa shape index (κ3) is 4.32. The standard InChI is InChI=1S/C17H21N3O3S/c1-4-20(10-13-8-6-5-7-9-13)14(21)11-23-17(22)15-12(2)19-24-16(15)18-3/h5-9,18H,4,10-11H2,1-3H3. The molecule has 0 aliphatic rings. The molecule has 0 bridgehead atoms. The molecule has 0 radical (unpaired) electrons. The van der Waals surface area contributed by atoms with E-state index in [0.29, 0.717) is 29.3 Å². The molecule has 0 aliphatic heterocycles. The number of anilines is 1. The maximum Gasteiger partial charge on any atom is 0.343 e. The van der Waals surface area contributed by atoms with E-state index < -0.39 is 5.97 Å². The Balaban J connectivity index is 1.95. The average molecular weight is 347 g/mol. The lowest BCUT2D eigenvalue weighted by molar-refractivity contribution is -0.134. The van der Waals surface area contributed by atoms with E-state index in [1.807, 2.05) is 37.3 Å². The van der Waals surface area contributed by atoms with Gasteiger partial charge in [0.25, 0.3) is 5.91 Å². The molecule has 1 N–H and O–H groups in total. The van der Waals surface area contributed by atoms with Gasteiger partial charge in [-0.25, -0.2) is 4.79 Å². The molecule has 1 aromatic heterocycles. The number of esters is 1. The summed E-state index contributed by atoms with van der Waals surface area (Å²) in [7, 11) is 1.72. The second kappa shape index (κ2) is 8.44. The zero-order valence-electron chi connectivity index (χ0n) is 14.0. The van der Waals surface area contributed by atoms with Gasteiger partial charge >= 0.3 is 5.97 Å². The predicted octanol–water partition coefficient (Wildman–Crippen LogP) is 2.70. The van der Waals surface area contributed by atoms with Gasteiger partial charge in [0, 0.05) is 20.1 Å². The molecule has 2 rings (SSSR count). The van der Waals surface area contributed by atoms with Gasteiger partial charge in [-0.3, -0.25) is 4.79 Å². The first-order chi connectivity index (χ1) is 11.6. The highest BCUT2D eigenvalue weighted by molar-refractivity contribution is 7.10. The minimum atomic E-state index is -0.533. The number of nitrogens with zero attached hydrogens (tertiary/aromatic N) is 2. The molecule has 0 atom stereocenters. The van der Waals surface area contributed by atoms with Gasteiger partial charge in [-0.05, 0) is 30.9 Å². The molecule has 128 valence electrons. The summed E-state index contributed by atoms with van der Waals surface area (Å²) in [4.78, 5) is 26.2. The Kier molecular flexibility index (Phi) is 6.31. The summed E-state index contributed by atoms with van der Waals surface area (Å²) in [6, 6.07) is 9.71. The number of amides is 1. The third-order valence-electron chi connectivity index (χ3n) is 3.57. The second-order valence-corrected chi connectivity index (χ2v) is 5.97. The van der Waals surface area contributed by atoms with E-state index in [4.69, 9.17) is 4.74 Å². The summed E-state index contributed by atoms with van der Waals surface area (Å²) in [5, 5.41) is 3.55. The highest BCUT2D eigenvalue weighted by atomic mass is 32.1. The van der Waals surface area contributed by atoms with Crippen molar-refractivity contribution < 1.29 is 14.3 Å². The molecule has 1 heterocycles. The molecule has 0 saturated heterocycles. The molecular weight excluding hydrogens is 326 g/mol. The van der Waals surface area contributed by atoms with Crippen LogP contribution in [0.4, 0.5) is 5.00 Å². The molecule has 0 unspecified atom stereocenters. The van der Waals surface area contributed by atoms with E-state index in [0.717, 1.165) is 5.56 Å².